The standard InChI is InChI=1S/C36H44N4.ClH.Cr/c1-9-21-22(10-2)30-18-32-25(13-5)26(14-6)34(39-32)20-36-28(16-8)27(15-7)35(40-36)19-33-24(12-4)23(11-3)31(38-33)17-29(21)37-30;;/h17-20H,9-16H2,1-8H3;1H;/q-2;;+3/p-1. The van der Waals surface area contributed by atoms with Crippen molar-refractivity contribution in [2.24, 2.45) is 0 Å². The van der Waals surface area contributed by atoms with Gasteiger partial charge in [0.25, 0.3) is 0 Å². The number of aryl methyl sites for hydroxylation is 4. The Balaban J connectivity index is 0.00000198. The molecular formula is C36H44ClCrN4. The van der Waals surface area contributed by atoms with Crippen molar-refractivity contribution < 1.29 is 15.4 Å². The van der Waals surface area contributed by atoms with Crippen molar-refractivity contribution in [1.82, 2.24) is 19.9 Å². The van der Waals surface area contributed by atoms with Crippen molar-refractivity contribution in [2.45, 2.75) is 107 Å². The van der Waals surface area contributed by atoms with Crippen LogP contribution >= 0.6 is 10.0 Å². The Labute approximate surface area is 264 Å². The topological polar surface area (TPSA) is 54.0 Å². The number of fused-ring (bicyclic) bond motifs is 8. The molecule has 0 aliphatic carbocycles. The fourth-order valence-electron chi connectivity index (χ4n) is 6.92. The SMILES string of the molecule is CCC1=C(CC)c2cc3[n-]c(cc4nc(cc5[n-]c(cc1n2)c(CC)c5CC)C(CC)=C4CC)c(CC)c3CC.[Cl][Cr+2]. The van der Waals surface area contributed by atoms with Gasteiger partial charge in [-0.3, -0.25) is 0 Å². The van der Waals surface area contributed by atoms with Crippen molar-refractivity contribution in [3.63, 3.8) is 0 Å². The zero-order valence-corrected chi connectivity index (χ0v) is 28.6. The van der Waals surface area contributed by atoms with E-state index in [1.54, 1.807) is 0 Å². The summed E-state index contributed by atoms with van der Waals surface area (Å²) in [6.45, 7) is 17.9. The Kier molecular flexibility index (Phi) is 11.0. The molecule has 0 unspecified atom stereocenters. The van der Waals surface area contributed by atoms with Gasteiger partial charge in [-0.2, -0.15) is 0 Å². The van der Waals surface area contributed by atoms with E-state index < -0.39 is 0 Å². The van der Waals surface area contributed by atoms with Gasteiger partial charge in [-0.1, -0.05) is 102 Å². The van der Waals surface area contributed by atoms with E-state index in [1.807, 2.05) is 0 Å². The van der Waals surface area contributed by atoms with Crippen LogP contribution in [-0.2, 0) is 41.1 Å². The molecule has 0 saturated heterocycles. The van der Waals surface area contributed by atoms with Crippen molar-refractivity contribution in [3.8, 4) is 0 Å². The number of hydrogen-bond acceptors (Lipinski definition) is 2. The normalized spacial score (nSPS) is 13.0. The third-order valence-corrected chi connectivity index (χ3v) is 8.82. The summed E-state index contributed by atoms with van der Waals surface area (Å²) in [7, 11) is 4.51. The van der Waals surface area contributed by atoms with Crippen LogP contribution in [-0.4, -0.2) is 9.97 Å². The molecule has 8 bridgehead atoms. The number of aromatic nitrogens is 4. The van der Waals surface area contributed by atoms with E-state index in [1.165, 1.54) is 44.5 Å². The van der Waals surface area contributed by atoms with Gasteiger partial charge in [-0.05, 0) is 73.7 Å². The molecule has 221 valence electrons. The van der Waals surface area contributed by atoms with Crippen LogP contribution in [0.1, 0.15) is 126 Å². The van der Waals surface area contributed by atoms with Gasteiger partial charge in [0, 0.05) is 0 Å². The second kappa shape index (κ2) is 14.3. The van der Waals surface area contributed by atoms with Gasteiger partial charge in [0.1, 0.15) is 0 Å². The van der Waals surface area contributed by atoms with E-state index in [2.05, 4.69) is 105 Å². The Bertz CT molecular complexity index is 1450. The number of rotatable bonds is 8. The monoisotopic (exact) mass is 619 g/mol. The molecule has 0 aromatic carbocycles. The molecule has 0 radical (unpaired) electrons. The molecule has 4 nitrogen and oxygen atoms in total. The zero-order chi connectivity index (χ0) is 30.6. The first-order chi connectivity index (χ1) is 20.5. The first kappa shape index (κ1) is 32.3. The van der Waals surface area contributed by atoms with Gasteiger partial charge in [0.15, 0.2) is 0 Å². The Hall–Kier alpha value is -2.58. The predicted molar refractivity (Wildman–Crippen MR) is 177 cm³/mol. The number of hydrogen-bond donors (Lipinski definition) is 0. The second-order valence-corrected chi connectivity index (χ2v) is 10.8. The fraction of sp³-hybridized carbons (Fsp3) is 0.444. The van der Waals surface area contributed by atoms with Crippen LogP contribution in [0.5, 0.6) is 0 Å². The summed E-state index contributed by atoms with van der Waals surface area (Å²) >= 11 is 2.10. The molecule has 5 heterocycles. The van der Waals surface area contributed by atoms with E-state index in [-0.39, 0.29) is 0 Å². The molecule has 0 amide bonds. The molecule has 0 spiro atoms. The Morgan fingerprint density at radius 3 is 0.810 bits per heavy atom. The maximum atomic E-state index is 5.25. The average Bonchev–Trinajstić information content (AvgIpc) is 3.73. The minimum absolute atomic E-state index is 0.950. The van der Waals surface area contributed by atoms with Crippen LogP contribution in [0.4, 0.5) is 0 Å². The van der Waals surface area contributed by atoms with Gasteiger partial charge in [0.05, 0.1) is 22.8 Å². The van der Waals surface area contributed by atoms with E-state index in [9.17, 15) is 0 Å². The van der Waals surface area contributed by atoms with Gasteiger partial charge in [-0.15, -0.1) is 22.1 Å². The molecule has 2 aliphatic rings. The molecule has 3 aromatic rings. The third-order valence-electron chi connectivity index (χ3n) is 8.82. The number of nitrogens with zero attached hydrogens (tertiary/aromatic N) is 4. The summed E-state index contributed by atoms with van der Waals surface area (Å²) in [6, 6.07) is 8.98. The van der Waals surface area contributed by atoms with Crippen molar-refractivity contribution in [3.05, 3.63) is 69.3 Å². The quantitative estimate of drug-likeness (QED) is 0.252. The molecule has 2 aliphatic heterocycles. The molecule has 0 fully saturated rings. The van der Waals surface area contributed by atoms with Gasteiger partial charge in [-0.25, -0.2) is 9.97 Å². The van der Waals surface area contributed by atoms with Crippen LogP contribution in [0.15, 0.2) is 24.3 Å². The predicted octanol–water partition coefficient (Wildman–Crippen LogP) is 9.97. The Morgan fingerprint density at radius 1 is 0.429 bits per heavy atom. The van der Waals surface area contributed by atoms with Crippen molar-refractivity contribution >= 4 is 54.4 Å². The minimum atomic E-state index is 0.950. The van der Waals surface area contributed by atoms with Crippen LogP contribution in [0.3, 0.4) is 0 Å². The molecule has 3 aromatic heterocycles. The Morgan fingerprint density at radius 2 is 0.643 bits per heavy atom. The van der Waals surface area contributed by atoms with Gasteiger partial charge >= 0.3 is 25.4 Å². The maximum absolute atomic E-state index is 5.25. The molecule has 0 saturated carbocycles. The summed E-state index contributed by atoms with van der Waals surface area (Å²) in [5.74, 6) is 0. The van der Waals surface area contributed by atoms with E-state index in [4.69, 9.17) is 19.9 Å². The van der Waals surface area contributed by atoms with Crippen LogP contribution in [0.25, 0.3) is 44.4 Å². The van der Waals surface area contributed by atoms with Gasteiger partial charge < -0.3 is 9.97 Å². The first-order valence-corrected chi connectivity index (χ1v) is 17.5. The second-order valence-electron chi connectivity index (χ2n) is 10.8. The molecule has 0 N–H and O–H groups in total. The van der Waals surface area contributed by atoms with E-state index in [0.29, 0.717) is 0 Å². The summed E-state index contributed by atoms with van der Waals surface area (Å²) in [6.07, 6.45) is 7.60. The number of halogens is 1. The first-order valence-electron chi connectivity index (χ1n) is 15.7. The van der Waals surface area contributed by atoms with Crippen LogP contribution in [0.2, 0.25) is 0 Å². The van der Waals surface area contributed by atoms with Crippen molar-refractivity contribution in [2.75, 3.05) is 0 Å². The third kappa shape index (κ3) is 5.69. The molecule has 0 atom stereocenters. The summed E-state index contributed by atoms with van der Waals surface area (Å²) in [5, 5.41) is 0. The van der Waals surface area contributed by atoms with E-state index >= 15 is 0 Å². The average molecular weight is 620 g/mol. The molecule has 6 heteroatoms. The number of allylic oxidation sites excluding steroid dienone is 4. The zero-order valence-electron chi connectivity index (χ0n) is 26.5. The van der Waals surface area contributed by atoms with E-state index in [0.717, 1.165) is 96.2 Å². The summed E-state index contributed by atoms with van der Waals surface area (Å²) < 4.78 is 0. The molecule has 42 heavy (non-hydrogen) atoms. The fourth-order valence-corrected chi connectivity index (χ4v) is 6.92. The van der Waals surface area contributed by atoms with Crippen molar-refractivity contribution in [1.29, 1.82) is 0 Å². The van der Waals surface area contributed by atoms with Gasteiger partial charge in [0.2, 0.25) is 0 Å². The molecular weight excluding hydrogens is 576 g/mol. The molecule has 5 rings (SSSR count). The summed E-state index contributed by atoms with van der Waals surface area (Å²) in [4.78, 5) is 21.0. The summed E-state index contributed by atoms with van der Waals surface area (Å²) in [5.41, 5.74) is 19.1. The van der Waals surface area contributed by atoms with Crippen LogP contribution in [0, 0.1) is 0 Å². The van der Waals surface area contributed by atoms with Crippen LogP contribution < -0.4 is 9.97 Å².